The van der Waals surface area contributed by atoms with E-state index < -0.39 is 11.7 Å². The zero-order valence-electron chi connectivity index (χ0n) is 19.4. The van der Waals surface area contributed by atoms with Crippen LogP contribution in [0.5, 0.6) is 0 Å². The van der Waals surface area contributed by atoms with Gasteiger partial charge in [-0.15, -0.1) is 0 Å². The first-order chi connectivity index (χ1) is 16.3. The van der Waals surface area contributed by atoms with E-state index in [-0.39, 0.29) is 18.0 Å². The van der Waals surface area contributed by atoms with Gasteiger partial charge in [0.25, 0.3) is 0 Å². The summed E-state index contributed by atoms with van der Waals surface area (Å²) in [5.74, 6) is -0.327. The van der Waals surface area contributed by atoms with Gasteiger partial charge in [-0.2, -0.15) is 13.2 Å². The van der Waals surface area contributed by atoms with Crippen LogP contribution in [0.2, 0.25) is 0 Å². The number of carbonyl (C=O) groups is 1. The number of anilines is 4. The van der Waals surface area contributed by atoms with Crippen molar-refractivity contribution in [2.45, 2.75) is 35.2 Å². The monoisotopic (exact) mass is 493 g/mol. The van der Waals surface area contributed by atoms with Gasteiger partial charge >= 0.3 is 6.18 Å². The molecule has 0 aliphatic carbocycles. The summed E-state index contributed by atoms with van der Waals surface area (Å²) in [7, 11) is 3.67. The molecular weight excluding hydrogens is 463 g/mol. The predicted molar refractivity (Wildman–Crippen MR) is 132 cm³/mol. The summed E-state index contributed by atoms with van der Waals surface area (Å²) in [5, 5.41) is 8.86. The fraction of sp³-hybridized carbons (Fsp3) is 0.458. The molecule has 0 unspecified atom stereocenters. The molecule has 2 aliphatic heterocycles. The molecule has 4 rings (SSSR count). The maximum absolute atomic E-state index is 13.7. The van der Waals surface area contributed by atoms with Crippen molar-refractivity contribution >= 4 is 40.4 Å². The van der Waals surface area contributed by atoms with Crippen molar-refractivity contribution in [2.24, 2.45) is 0 Å². The number of fused-ring (bicyclic) bond motifs is 2. The number of halogens is 3. The van der Waals surface area contributed by atoms with E-state index in [9.17, 15) is 18.0 Å². The summed E-state index contributed by atoms with van der Waals surface area (Å²) in [5.41, 5.74) is 1.98. The highest BCUT2D eigenvalue weighted by molar-refractivity contribution is 7.99. The van der Waals surface area contributed by atoms with Crippen molar-refractivity contribution in [3.05, 3.63) is 35.9 Å². The van der Waals surface area contributed by atoms with E-state index in [1.54, 1.807) is 0 Å². The number of hydrogen-bond donors (Lipinski definition) is 3. The normalized spacial score (nSPS) is 15.3. The number of carbonyl (C=O) groups excluding carboxylic acids is 1. The van der Waals surface area contributed by atoms with Gasteiger partial charge in [0, 0.05) is 61.7 Å². The quantitative estimate of drug-likeness (QED) is 0.465. The summed E-state index contributed by atoms with van der Waals surface area (Å²) in [4.78, 5) is 18.1. The lowest BCUT2D eigenvalue weighted by atomic mass is 10.1. The molecule has 10 heteroatoms. The van der Waals surface area contributed by atoms with Gasteiger partial charge in [-0.25, -0.2) is 0 Å². The van der Waals surface area contributed by atoms with E-state index in [2.05, 4.69) is 33.0 Å². The van der Waals surface area contributed by atoms with Gasteiger partial charge in [0.05, 0.1) is 22.6 Å². The van der Waals surface area contributed by atoms with Crippen LogP contribution < -0.4 is 25.8 Å². The van der Waals surface area contributed by atoms with E-state index in [1.165, 1.54) is 17.8 Å². The molecule has 0 bridgehead atoms. The Bertz CT molecular complexity index is 1040. The number of hydrogen-bond acceptors (Lipinski definition) is 6. The minimum Gasteiger partial charge on any atom is -0.372 e. The second kappa shape index (κ2) is 10.5. The van der Waals surface area contributed by atoms with Crippen molar-refractivity contribution < 1.29 is 18.0 Å². The lowest BCUT2D eigenvalue weighted by Crippen LogP contribution is -2.28. The molecule has 34 heavy (non-hydrogen) atoms. The Morgan fingerprint density at radius 1 is 1.06 bits per heavy atom. The smallest absolute Gasteiger partial charge is 0.372 e. The van der Waals surface area contributed by atoms with E-state index in [1.807, 2.05) is 25.1 Å². The number of likely N-dealkylation sites (N-methyl/N-ethyl adjacent to an activating group) is 1. The first kappa shape index (κ1) is 24.7. The van der Waals surface area contributed by atoms with Crippen LogP contribution in [-0.4, -0.2) is 52.7 Å². The average molecular weight is 494 g/mol. The molecule has 2 aromatic carbocycles. The highest BCUT2D eigenvalue weighted by Gasteiger charge is 2.35. The third-order valence-electron chi connectivity index (χ3n) is 6.09. The molecule has 0 atom stereocenters. The van der Waals surface area contributed by atoms with Crippen molar-refractivity contribution in [3.8, 4) is 0 Å². The molecule has 6 nitrogen and oxygen atoms in total. The second-order valence-corrected chi connectivity index (χ2v) is 9.61. The molecule has 1 fully saturated rings. The van der Waals surface area contributed by atoms with Gasteiger partial charge in [-0.3, -0.25) is 4.79 Å². The number of alkyl halides is 3. The Labute approximate surface area is 202 Å². The standard InChI is InChI=1S/C24H30F3N5OS/c1-28-9-10-29-8-7-22(33)30-18-13-16(24(25,26)27)14-21-23(18)31(2)19-6-5-17(15-20(19)34-21)32-11-3-4-12-32/h5-6,13-15,28-29H,3-4,7-12H2,1-2H3,(H,30,33). The number of benzene rings is 2. The first-order valence-corrected chi connectivity index (χ1v) is 12.3. The summed E-state index contributed by atoms with van der Waals surface area (Å²) >= 11 is 1.32. The zero-order valence-corrected chi connectivity index (χ0v) is 20.2. The lowest BCUT2D eigenvalue weighted by Gasteiger charge is -2.33. The van der Waals surface area contributed by atoms with Crippen LogP contribution >= 0.6 is 11.8 Å². The molecule has 0 spiro atoms. The second-order valence-electron chi connectivity index (χ2n) is 8.53. The fourth-order valence-corrected chi connectivity index (χ4v) is 5.57. The molecule has 2 heterocycles. The van der Waals surface area contributed by atoms with Crippen molar-refractivity contribution in [1.82, 2.24) is 10.6 Å². The number of nitrogens with zero attached hydrogens (tertiary/aromatic N) is 2. The Morgan fingerprint density at radius 2 is 1.82 bits per heavy atom. The average Bonchev–Trinajstić information content (AvgIpc) is 3.33. The molecule has 0 saturated carbocycles. The van der Waals surface area contributed by atoms with E-state index in [4.69, 9.17) is 0 Å². The third kappa shape index (κ3) is 5.45. The van der Waals surface area contributed by atoms with Crippen molar-refractivity contribution in [2.75, 3.05) is 61.9 Å². The molecule has 2 aliphatic rings. The van der Waals surface area contributed by atoms with Crippen molar-refractivity contribution in [1.29, 1.82) is 0 Å². The predicted octanol–water partition coefficient (Wildman–Crippen LogP) is 4.68. The van der Waals surface area contributed by atoms with Crippen molar-refractivity contribution in [3.63, 3.8) is 0 Å². The topological polar surface area (TPSA) is 59.6 Å². The molecule has 3 N–H and O–H groups in total. The van der Waals surface area contributed by atoms with Gasteiger partial charge in [-0.1, -0.05) is 11.8 Å². The highest BCUT2D eigenvalue weighted by atomic mass is 32.2. The Balaban J connectivity index is 1.61. The van der Waals surface area contributed by atoms with Crippen LogP contribution in [0.25, 0.3) is 0 Å². The number of rotatable bonds is 8. The molecule has 0 aromatic heterocycles. The maximum Gasteiger partial charge on any atom is 0.416 e. The molecule has 1 amide bonds. The van der Waals surface area contributed by atoms with E-state index in [0.29, 0.717) is 23.7 Å². The summed E-state index contributed by atoms with van der Waals surface area (Å²) < 4.78 is 41.1. The minimum atomic E-state index is -4.51. The fourth-order valence-electron chi connectivity index (χ4n) is 4.32. The SMILES string of the molecule is CNCCNCCC(=O)Nc1cc(C(F)(F)F)cc2c1N(C)c1ccc(N3CCCC3)cc1S2. The van der Waals surface area contributed by atoms with Gasteiger partial charge in [0.1, 0.15) is 0 Å². The number of nitrogens with one attached hydrogen (secondary N) is 3. The Hall–Kier alpha value is -2.43. The summed E-state index contributed by atoms with van der Waals surface area (Å²) in [6, 6.07) is 8.34. The molecule has 1 saturated heterocycles. The summed E-state index contributed by atoms with van der Waals surface area (Å²) in [6.45, 7) is 3.91. The first-order valence-electron chi connectivity index (χ1n) is 11.5. The number of amides is 1. The Kier molecular flexibility index (Phi) is 7.59. The van der Waals surface area contributed by atoms with Gasteiger partial charge < -0.3 is 25.8 Å². The molecule has 184 valence electrons. The van der Waals surface area contributed by atoms with E-state index >= 15 is 0 Å². The van der Waals surface area contributed by atoms with Crippen LogP contribution in [0, 0.1) is 0 Å². The van der Waals surface area contributed by atoms with Gasteiger partial charge in [0.15, 0.2) is 0 Å². The van der Waals surface area contributed by atoms with Crippen LogP contribution in [-0.2, 0) is 11.0 Å². The van der Waals surface area contributed by atoms with Crippen LogP contribution in [0.3, 0.4) is 0 Å². The van der Waals surface area contributed by atoms with Crippen LogP contribution in [0.15, 0.2) is 40.1 Å². The van der Waals surface area contributed by atoms with Crippen LogP contribution in [0.1, 0.15) is 24.8 Å². The minimum absolute atomic E-state index is 0.168. The van der Waals surface area contributed by atoms with Crippen LogP contribution in [0.4, 0.5) is 35.9 Å². The Morgan fingerprint density at radius 3 is 2.53 bits per heavy atom. The maximum atomic E-state index is 13.7. The summed E-state index contributed by atoms with van der Waals surface area (Å²) in [6.07, 6.45) is -2.05. The lowest BCUT2D eigenvalue weighted by molar-refractivity contribution is -0.137. The largest absolute Gasteiger partial charge is 0.416 e. The molecular formula is C24H30F3N5OS. The molecule has 2 aromatic rings. The zero-order chi connectivity index (χ0) is 24.3. The third-order valence-corrected chi connectivity index (χ3v) is 7.17. The van der Waals surface area contributed by atoms with Gasteiger partial charge in [-0.05, 0) is 50.2 Å². The highest BCUT2D eigenvalue weighted by Crippen LogP contribution is 2.53. The molecule has 0 radical (unpaired) electrons. The van der Waals surface area contributed by atoms with Gasteiger partial charge in [0.2, 0.25) is 5.91 Å². The van der Waals surface area contributed by atoms with E-state index in [0.717, 1.165) is 54.8 Å².